The van der Waals surface area contributed by atoms with Crippen molar-refractivity contribution >= 4 is 11.6 Å². The van der Waals surface area contributed by atoms with Gasteiger partial charge in [-0.25, -0.2) is 9.07 Å². The van der Waals surface area contributed by atoms with Gasteiger partial charge >= 0.3 is 0 Å². The van der Waals surface area contributed by atoms with Crippen molar-refractivity contribution in [2.24, 2.45) is 0 Å². The quantitative estimate of drug-likeness (QED) is 0.606. The molecule has 0 aliphatic carbocycles. The van der Waals surface area contributed by atoms with E-state index < -0.39 is 0 Å². The summed E-state index contributed by atoms with van der Waals surface area (Å²) in [6.07, 6.45) is 5.17. The van der Waals surface area contributed by atoms with Crippen LogP contribution in [0.4, 0.5) is 10.1 Å². The van der Waals surface area contributed by atoms with Crippen molar-refractivity contribution in [3.8, 4) is 11.5 Å². The number of aromatic nitrogens is 3. The lowest BCUT2D eigenvalue weighted by molar-refractivity contribution is 0.102. The van der Waals surface area contributed by atoms with Crippen molar-refractivity contribution in [2.75, 3.05) is 5.32 Å². The standard InChI is InChI=1S/C20H15FN4O/c21-15-8-10-17(11-9-15)25-20(24-12-4-5-13-24)18(14-22-25)19(26)23-16-6-2-1-3-7-16/h1-14H,(H,23,26). The summed E-state index contributed by atoms with van der Waals surface area (Å²) in [5, 5.41) is 7.22. The third-order valence-corrected chi connectivity index (χ3v) is 3.94. The Labute approximate surface area is 149 Å². The maximum Gasteiger partial charge on any atom is 0.261 e. The Bertz CT molecular complexity index is 1020. The van der Waals surface area contributed by atoms with Crippen LogP contribution in [0, 0.1) is 5.82 Å². The second-order valence-electron chi connectivity index (χ2n) is 5.68. The van der Waals surface area contributed by atoms with Gasteiger partial charge in [-0.2, -0.15) is 5.10 Å². The number of rotatable bonds is 4. The van der Waals surface area contributed by atoms with E-state index in [1.165, 1.54) is 18.3 Å². The van der Waals surface area contributed by atoms with Crippen molar-refractivity contribution in [3.63, 3.8) is 0 Å². The molecule has 5 nitrogen and oxygen atoms in total. The molecule has 1 amide bonds. The fourth-order valence-electron chi connectivity index (χ4n) is 2.72. The molecule has 0 saturated heterocycles. The average Bonchev–Trinajstić information content (AvgIpc) is 3.32. The molecule has 0 aliphatic rings. The third kappa shape index (κ3) is 3.00. The van der Waals surface area contributed by atoms with Crippen molar-refractivity contribution in [3.05, 3.63) is 96.7 Å². The van der Waals surface area contributed by atoms with E-state index in [-0.39, 0.29) is 11.7 Å². The van der Waals surface area contributed by atoms with E-state index in [4.69, 9.17) is 0 Å². The van der Waals surface area contributed by atoms with Crippen LogP contribution in [0.25, 0.3) is 11.5 Å². The van der Waals surface area contributed by atoms with E-state index in [0.717, 1.165) is 0 Å². The molecular weight excluding hydrogens is 331 g/mol. The lowest BCUT2D eigenvalue weighted by atomic mass is 10.2. The van der Waals surface area contributed by atoms with Gasteiger partial charge in [0.15, 0.2) is 5.82 Å². The predicted molar refractivity (Wildman–Crippen MR) is 97.2 cm³/mol. The van der Waals surface area contributed by atoms with Crippen LogP contribution in [-0.4, -0.2) is 20.3 Å². The van der Waals surface area contributed by atoms with E-state index >= 15 is 0 Å². The zero-order chi connectivity index (χ0) is 17.9. The topological polar surface area (TPSA) is 51.9 Å². The Kier molecular flexibility index (Phi) is 4.07. The van der Waals surface area contributed by atoms with Gasteiger partial charge in [-0.1, -0.05) is 18.2 Å². The van der Waals surface area contributed by atoms with Gasteiger partial charge in [-0.3, -0.25) is 4.79 Å². The summed E-state index contributed by atoms with van der Waals surface area (Å²) < 4.78 is 16.7. The van der Waals surface area contributed by atoms with Crippen molar-refractivity contribution in [1.82, 2.24) is 14.3 Å². The van der Waals surface area contributed by atoms with Crippen LogP contribution in [0.1, 0.15) is 10.4 Å². The van der Waals surface area contributed by atoms with Crippen LogP contribution < -0.4 is 5.32 Å². The number of hydrogen-bond donors (Lipinski definition) is 1. The summed E-state index contributed by atoms with van der Waals surface area (Å²) in [6, 6.07) is 18.9. The van der Waals surface area contributed by atoms with Crippen LogP contribution in [0.2, 0.25) is 0 Å². The normalized spacial score (nSPS) is 10.7. The molecule has 26 heavy (non-hydrogen) atoms. The minimum atomic E-state index is -0.328. The lowest BCUT2D eigenvalue weighted by Gasteiger charge is -2.11. The molecule has 0 unspecified atom stereocenters. The zero-order valence-electron chi connectivity index (χ0n) is 13.7. The summed E-state index contributed by atoms with van der Waals surface area (Å²) in [4.78, 5) is 12.8. The van der Waals surface area contributed by atoms with Gasteiger partial charge in [0.1, 0.15) is 11.4 Å². The van der Waals surface area contributed by atoms with Gasteiger partial charge in [-0.15, -0.1) is 0 Å². The number of nitrogens with zero attached hydrogens (tertiary/aromatic N) is 3. The number of benzene rings is 2. The molecule has 0 radical (unpaired) electrons. The molecule has 6 heteroatoms. The molecule has 2 aromatic carbocycles. The van der Waals surface area contributed by atoms with Gasteiger partial charge in [0.2, 0.25) is 0 Å². The Morgan fingerprint density at radius 3 is 2.31 bits per heavy atom. The second-order valence-corrected chi connectivity index (χ2v) is 5.68. The number of carbonyl (C=O) groups excluding carboxylic acids is 1. The summed E-state index contributed by atoms with van der Waals surface area (Å²) in [5.41, 5.74) is 1.77. The molecular formula is C20H15FN4O. The minimum Gasteiger partial charge on any atom is -0.322 e. The highest BCUT2D eigenvalue weighted by Crippen LogP contribution is 2.21. The maximum atomic E-state index is 13.3. The first-order valence-electron chi connectivity index (χ1n) is 8.06. The summed E-state index contributed by atoms with van der Waals surface area (Å²) >= 11 is 0. The molecule has 0 fully saturated rings. The largest absolute Gasteiger partial charge is 0.322 e. The monoisotopic (exact) mass is 346 g/mol. The number of para-hydroxylation sites is 1. The van der Waals surface area contributed by atoms with Gasteiger partial charge < -0.3 is 9.88 Å². The van der Waals surface area contributed by atoms with E-state index in [1.54, 1.807) is 21.4 Å². The summed E-state index contributed by atoms with van der Waals surface area (Å²) in [7, 11) is 0. The van der Waals surface area contributed by atoms with E-state index in [0.29, 0.717) is 22.8 Å². The Morgan fingerprint density at radius 1 is 0.923 bits per heavy atom. The Balaban J connectivity index is 1.78. The number of carbonyl (C=O) groups is 1. The molecule has 4 aromatic rings. The van der Waals surface area contributed by atoms with Gasteiger partial charge in [0, 0.05) is 18.1 Å². The molecule has 0 aliphatic heterocycles. The highest BCUT2D eigenvalue weighted by molar-refractivity contribution is 6.06. The molecule has 0 saturated carbocycles. The zero-order valence-corrected chi connectivity index (χ0v) is 13.7. The number of amides is 1. The van der Waals surface area contributed by atoms with Crippen LogP contribution in [0.5, 0.6) is 0 Å². The molecule has 0 atom stereocenters. The van der Waals surface area contributed by atoms with Gasteiger partial charge in [-0.05, 0) is 48.5 Å². The second kappa shape index (κ2) is 6.68. The van der Waals surface area contributed by atoms with E-state index in [1.807, 2.05) is 54.9 Å². The molecule has 0 bridgehead atoms. The van der Waals surface area contributed by atoms with E-state index in [2.05, 4.69) is 10.4 Å². The molecule has 1 N–H and O–H groups in total. The fraction of sp³-hybridized carbons (Fsp3) is 0. The highest BCUT2D eigenvalue weighted by Gasteiger charge is 2.20. The first-order chi connectivity index (χ1) is 12.7. The van der Waals surface area contributed by atoms with E-state index in [9.17, 15) is 9.18 Å². The van der Waals surface area contributed by atoms with Crippen molar-refractivity contribution in [2.45, 2.75) is 0 Å². The first kappa shape index (κ1) is 15.8. The number of halogens is 1. The highest BCUT2D eigenvalue weighted by atomic mass is 19.1. The number of hydrogen-bond acceptors (Lipinski definition) is 2. The van der Waals surface area contributed by atoms with Crippen molar-refractivity contribution in [1.29, 1.82) is 0 Å². The molecule has 2 aromatic heterocycles. The predicted octanol–water partition coefficient (Wildman–Crippen LogP) is 4.05. The lowest BCUT2D eigenvalue weighted by Crippen LogP contribution is -2.15. The maximum absolute atomic E-state index is 13.3. The summed E-state index contributed by atoms with van der Waals surface area (Å²) in [5.74, 6) is -0.0197. The van der Waals surface area contributed by atoms with Crippen LogP contribution in [-0.2, 0) is 0 Å². The number of nitrogens with one attached hydrogen (secondary N) is 1. The van der Waals surface area contributed by atoms with Gasteiger partial charge in [0.05, 0.1) is 11.9 Å². The molecule has 4 rings (SSSR count). The van der Waals surface area contributed by atoms with Crippen LogP contribution in [0.15, 0.2) is 85.3 Å². The first-order valence-corrected chi connectivity index (χ1v) is 8.06. The fourth-order valence-corrected chi connectivity index (χ4v) is 2.72. The van der Waals surface area contributed by atoms with Crippen LogP contribution in [0.3, 0.4) is 0 Å². The Morgan fingerprint density at radius 2 is 1.62 bits per heavy atom. The molecule has 2 heterocycles. The number of anilines is 1. The van der Waals surface area contributed by atoms with Gasteiger partial charge in [0.25, 0.3) is 5.91 Å². The molecule has 0 spiro atoms. The SMILES string of the molecule is O=C(Nc1ccccc1)c1cnn(-c2ccc(F)cc2)c1-n1cccc1. The Hall–Kier alpha value is -3.67. The molecule has 128 valence electrons. The minimum absolute atomic E-state index is 0.270. The third-order valence-electron chi connectivity index (χ3n) is 3.94. The smallest absolute Gasteiger partial charge is 0.261 e. The van der Waals surface area contributed by atoms with Crippen molar-refractivity contribution < 1.29 is 9.18 Å². The summed E-state index contributed by atoms with van der Waals surface area (Å²) in [6.45, 7) is 0. The van der Waals surface area contributed by atoms with Crippen LogP contribution >= 0.6 is 0 Å². The average molecular weight is 346 g/mol.